The predicted molar refractivity (Wildman–Crippen MR) is 64.8 cm³/mol. The molecule has 0 saturated carbocycles. The van der Waals surface area contributed by atoms with E-state index in [9.17, 15) is 4.79 Å². The maximum Gasteiger partial charge on any atom is 0.263 e. The first kappa shape index (κ1) is 13.1. The number of aromatic nitrogens is 1. The van der Waals surface area contributed by atoms with Gasteiger partial charge in [0.05, 0.1) is 23.9 Å². The van der Waals surface area contributed by atoms with Gasteiger partial charge in [0.25, 0.3) is 5.91 Å². The van der Waals surface area contributed by atoms with Crippen molar-refractivity contribution >= 4 is 17.2 Å². The third-order valence-electron chi connectivity index (χ3n) is 2.29. The summed E-state index contributed by atoms with van der Waals surface area (Å²) in [4.78, 5) is 16.6. The van der Waals surface area contributed by atoms with Crippen molar-refractivity contribution in [3.63, 3.8) is 0 Å². The van der Waals surface area contributed by atoms with Gasteiger partial charge in [-0.15, -0.1) is 11.3 Å². The second-order valence-electron chi connectivity index (χ2n) is 3.98. The molecule has 0 aliphatic rings. The molecule has 1 atom stereocenters. The van der Waals surface area contributed by atoms with Gasteiger partial charge in [0.2, 0.25) is 0 Å². The molecule has 1 rings (SSSR count). The Kier molecular flexibility index (Phi) is 4.89. The molecule has 1 amide bonds. The second-order valence-corrected chi connectivity index (χ2v) is 5.04. The fourth-order valence-electron chi connectivity index (χ4n) is 1.19. The summed E-state index contributed by atoms with van der Waals surface area (Å²) < 4.78 is 0. The molecule has 1 aromatic heterocycles. The van der Waals surface area contributed by atoms with Gasteiger partial charge < -0.3 is 10.4 Å². The number of amides is 1. The van der Waals surface area contributed by atoms with Crippen molar-refractivity contribution in [3.8, 4) is 0 Å². The highest BCUT2D eigenvalue weighted by molar-refractivity contribution is 7.13. The summed E-state index contributed by atoms with van der Waals surface area (Å²) in [5, 5.41) is 12.7. The van der Waals surface area contributed by atoms with Crippen molar-refractivity contribution in [1.29, 1.82) is 0 Å². The number of carbonyl (C=O) groups excluding carboxylic acids is 1. The van der Waals surface area contributed by atoms with Crippen LogP contribution in [-0.4, -0.2) is 28.6 Å². The summed E-state index contributed by atoms with van der Waals surface area (Å²) in [5.41, 5.74) is 0. The molecular formula is C11H18N2O2S. The zero-order valence-electron chi connectivity index (χ0n) is 9.86. The number of nitrogens with one attached hydrogen (secondary N) is 1. The Morgan fingerprint density at radius 1 is 1.62 bits per heavy atom. The van der Waals surface area contributed by atoms with Crippen LogP contribution in [0.25, 0.3) is 0 Å². The third kappa shape index (κ3) is 3.28. The number of rotatable bonds is 5. The first-order chi connectivity index (χ1) is 7.58. The summed E-state index contributed by atoms with van der Waals surface area (Å²) in [6, 6.07) is -0.169. The van der Waals surface area contributed by atoms with E-state index < -0.39 is 0 Å². The lowest BCUT2D eigenvalue weighted by atomic mass is 10.2. The number of hydrogen-bond acceptors (Lipinski definition) is 4. The average molecular weight is 242 g/mol. The van der Waals surface area contributed by atoms with Crippen molar-refractivity contribution < 1.29 is 9.90 Å². The molecule has 0 spiro atoms. The number of nitrogens with zero attached hydrogens (tertiary/aromatic N) is 1. The molecule has 0 aliphatic heterocycles. The van der Waals surface area contributed by atoms with E-state index >= 15 is 0 Å². The van der Waals surface area contributed by atoms with Gasteiger partial charge in [-0.05, 0) is 6.42 Å². The van der Waals surface area contributed by atoms with Crippen LogP contribution in [-0.2, 0) is 0 Å². The van der Waals surface area contributed by atoms with Crippen LogP contribution in [0.5, 0.6) is 0 Å². The molecule has 90 valence electrons. The summed E-state index contributed by atoms with van der Waals surface area (Å²) in [6.07, 6.45) is 2.32. The van der Waals surface area contributed by atoms with E-state index in [1.807, 2.05) is 20.8 Å². The third-order valence-corrected chi connectivity index (χ3v) is 3.59. The van der Waals surface area contributed by atoms with Crippen LogP contribution in [0, 0.1) is 0 Å². The molecule has 0 aromatic carbocycles. The molecule has 0 bridgehead atoms. The van der Waals surface area contributed by atoms with Crippen LogP contribution >= 0.6 is 11.3 Å². The molecule has 5 heteroatoms. The second kappa shape index (κ2) is 5.96. The Labute approximate surface area is 99.7 Å². The molecule has 2 N–H and O–H groups in total. The van der Waals surface area contributed by atoms with E-state index in [4.69, 9.17) is 5.11 Å². The summed E-state index contributed by atoms with van der Waals surface area (Å²) in [5.74, 6) is 0.191. The van der Waals surface area contributed by atoms with Crippen molar-refractivity contribution in [2.45, 2.75) is 39.2 Å². The summed E-state index contributed by atoms with van der Waals surface area (Å²) >= 11 is 1.41. The van der Waals surface area contributed by atoms with Gasteiger partial charge in [0.15, 0.2) is 0 Å². The Morgan fingerprint density at radius 2 is 2.31 bits per heavy atom. The monoisotopic (exact) mass is 242 g/mol. The fourth-order valence-corrected chi connectivity index (χ4v) is 2.02. The van der Waals surface area contributed by atoms with E-state index in [0.717, 1.165) is 11.4 Å². The van der Waals surface area contributed by atoms with E-state index in [1.165, 1.54) is 11.3 Å². The van der Waals surface area contributed by atoms with Crippen molar-refractivity contribution in [2.75, 3.05) is 6.61 Å². The lowest BCUT2D eigenvalue weighted by molar-refractivity contribution is 0.0919. The van der Waals surface area contributed by atoms with Gasteiger partial charge >= 0.3 is 0 Å². The minimum Gasteiger partial charge on any atom is -0.394 e. The molecule has 0 fully saturated rings. The van der Waals surface area contributed by atoms with Crippen LogP contribution in [0.3, 0.4) is 0 Å². The standard InChI is InChI=1S/C11H18N2O2S/c1-4-8(6-14)13-10(15)9-5-12-11(16-9)7(2)3/h5,7-8,14H,4,6H2,1-3H3,(H,13,15). The number of aliphatic hydroxyl groups excluding tert-OH is 1. The maximum absolute atomic E-state index is 11.8. The highest BCUT2D eigenvalue weighted by Gasteiger charge is 2.15. The molecule has 0 radical (unpaired) electrons. The van der Waals surface area contributed by atoms with E-state index in [-0.39, 0.29) is 18.6 Å². The lowest BCUT2D eigenvalue weighted by Crippen LogP contribution is -2.36. The fraction of sp³-hybridized carbons (Fsp3) is 0.636. The zero-order chi connectivity index (χ0) is 12.1. The first-order valence-corrected chi connectivity index (χ1v) is 6.27. The Morgan fingerprint density at radius 3 is 2.75 bits per heavy atom. The quantitative estimate of drug-likeness (QED) is 0.827. The molecular weight excluding hydrogens is 224 g/mol. The van der Waals surface area contributed by atoms with Gasteiger partial charge in [-0.25, -0.2) is 4.98 Å². The lowest BCUT2D eigenvalue weighted by Gasteiger charge is -2.12. The smallest absolute Gasteiger partial charge is 0.263 e. The molecule has 1 aromatic rings. The predicted octanol–water partition coefficient (Wildman–Crippen LogP) is 1.77. The molecule has 0 saturated heterocycles. The van der Waals surface area contributed by atoms with Gasteiger partial charge in [0.1, 0.15) is 4.88 Å². The number of thiazole rings is 1. The molecule has 4 nitrogen and oxygen atoms in total. The van der Waals surface area contributed by atoms with Crippen molar-refractivity contribution in [2.24, 2.45) is 0 Å². The van der Waals surface area contributed by atoms with Crippen molar-refractivity contribution in [1.82, 2.24) is 10.3 Å². The molecule has 16 heavy (non-hydrogen) atoms. The molecule has 1 unspecified atom stereocenters. The van der Waals surface area contributed by atoms with Crippen LogP contribution in [0.2, 0.25) is 0 Å². The largest absolute Gasteiger partial charge is 0.394 e. The summed E-state index contributed by atoms with van der Waals surface area (Å²) in [7, 11) is 0. The minimum atomic E-state index is -0.169. The van der Waals surface area contributed by atoms with Crippen molar-refractivity contribution in [3.05, 3.63) is 16.1 Å². The molecule has 1 heterocycles. The van der Waals surface area contributed by atoms with Crippen LogP contribution in [0.4, 0.5) is 0 Å². The Hall–Kier alpha value is -0.940. The average Bonchev–Trinajstić information content (AvgIpc) is 2.74. The zero-order valence-corrected chi connectivity index (χ0v) is 10.7. The highest BCUT2D eigenvalue weighted by Crippen LogP contribution is 2.20. The first-order valence-electron chi connectivity index (χ1n) is 5.45. The summed E-state index contributed by atoms with van der Waals surface area (Å²) in [6.45, 7) is 5.98. The van der Waals surface area contributed by atoms with E-state index in [1.54, 1.807) is 6.20 Å². The number of carbonyl (C=O) groups is 1. The van der Waals surface area contributed by atoms with Gasteiger partial charge in [-0.1, -0.05) is 20.8 Å². The molecule has 0 aliphatic carbocycles. The van der Waals surface area contributed by atoms with Crippen LogP contribution in [0.1, 0.15) is 47.8 Å². The maximum atomic E-state index is 11.8. The SMILES string of the molecule is CCC(CO)NC(=O)c1cnc(C(C)C)s1. The van der Waals surface area contributed by atoms with Gasteiger partial charge in [0, 0.05) is 5.92 Å². The Bertz CT molecular complexity index is 346. The number of aliphatic hydroxyl groups is 1. The van der Waals surface area contributed by atoms with Gasteiger partial charge in [-0.2, -0.15) is 0 Å². The number of hydrogen-bond donors (Lipinski definition) is 2. The normalized spacial score (nSPS) is 12.8. The van der Waals surface area contributed by atoms with Crippen LogP contribution in [0.15, 0.2) is 6.20 Å². The van der Waals surface area contributed by atoms with Crippen LogP contribution < -0.4 is 5.32 Å². The Balaban J connectivity index is 2.65. The topological polar surface area (TPSA) is 62.2 Å². The minimum absolute atomic E-state index is 0.0297. The van der Waals surface area contributed by atoms with E-state index in [2.05, 4.69) is 10.3 Å². The van der Waals surface area contributed by atoms with Gasteiger partial charge in [-0.3, -0.25) is 4.79 Å². The highest BCUT2D eigenvalue weighted by atomic mass is 32.1. The van der Waals surface area contributed by atoms with E-state index in [0.29, 0.717) is 10.8 Å².